The van der Waals surface area contributed by atoms with Crippen molar-refractivity contribution in [2.24, 2.45) is 12.8 Å². The van der Waals surface area contributed by atoms with Gasteiger partial charge in [-0.05, 0) is 25.1 Å². The van der Waals surface area contributed by atoms with Crippen molar-refractivity contribution < 1.29 is 5.11 Å². The van der Waals surface area contributed by atoms with E-state index in [1.807, 2.05) is 23.7 Å². The summed E-state index contributed by atoms with van der Waals surface area (Å²) in [6.07, 6.45) is -0.633. The van der Waals surface area contributed by atoms with Crippen molar-refractivity contribution in [3.63, 3.8) is 0 Å². The number of aryl methyl sites for hydroxylation is 1. The molecule has 1 heterocycles. The molecule has 0 aliphatic heterocycles. The van der Waals surface area contributed by atoms with Gasteiger partial charge in [-0.1, -0.05) is 11.6 Å². The largest absolute Gasteiger partial charge is 0.391 e. The van der Waals surface area contributed by atoms with Gasteiger partial charge in [0.25, 0.3) is 0 Å². The molecular formula is C11H14ClN3O. The summed E-state index contributed by atoms with van der Waals surface area (Å²) in [4.78, 5) is 4.39. The van der Waals surface area contributed by atoms with Gasteiger partial charge in [-0.2, -0.15) is 0 Å². The van der Waals surface area contributed by atoms with E-state index in [4.69, 9.17) is 17.3 Å². The van der Waals surface area contributed by atoms with Crippen LogP contribution in [0.25, 0.3) is 11.0 Å². The molecule has 16 heavy (non-hydrogen) atoms. The third-order valence-corrected chi connectivity index (χ3v) is 2.93. The molecule has 0 aliphatic carbocycles. The van der Waals surface area contributed by atoms with Crippen LogP contribution in [0.15, 0.2) is 18.2 Å². The van der Waals surface area contributed by atoms with Crippen molar-refractivity contribution in [3.05, 3.63) is 29.0 Å². The topological polar surface area (TPSA) is 64.1 Å². The third kappa shape index (κ3) is 1.80. The molecule has 0 radical (unpaired) electrons. The average Bonchev–Trinajstić information content (AvgIpc) is 2.55. The molecule has 2 aromatic rings. The minimum atomic E-state index is -0.633. The molecule has 0 saturated heterocycles. The summed E-state index contributed by atoms with van der Waals surface area (Å²) in [6.45, 7) is 1.65. The second kappa shape index (κ2) is 4.05. The number of aliphatic hydroxyl groups is 1. The predicted octanol–water partition coefficient (Wildman–Crippen LogP) is 1.61. The number of nitrogens with two attached hydrogens (primary N) is 1. The zero-order valence-electron chi connectivity index (χ0n) is 9.18. The van der Waals surface area contributed by atoms with Crippen LogP contribution in [-0.4, -0.2) is 20.8 Å². The number of hydrogen-bond acceptors (Lipinski definition) is 3. The summed E-state index contributed by atoms with van der Waals surface area (Å²) in [5.41, 5.74) is 7.62. The van der Waals surface area contributed by atoms with Crippen molar-refractivity contribution in [2.75, 3.05) is 0 Å². The van der Waals surface area contributed by atoms with E-state index >= 15 is 0 Å². The minimum Gasteiger partial charge on any atom is -0.391 e. The van der Waals surface area contributed by atoms with Crippen LogP contribution in [0, 0.1) is 0 Å². The maximum atomic E-state index is 9.47. The van der Waals surface area contributed by atoms with Gasteiger partial charge < -0.3 is 15.4 Å². The first-order valence-corrected chi connectivity index (χ1v) is 5.44. The first-order chi connectivity index (χ1) is 7.50. The number of nitrogens with zero attached hydrogens (tertiary/aromatic N) is 2. The lowest BCUT2D eigenvalue weighted by Gasteiger charge is -2.14. The first kappa shape index (κ1) is 11.4. The maximum Gasteiger partial charge on any atom is 0.129 e. The van der Waals surface area contributed by atoms with E-state index in [2.05, 4.69) is 4.98 Å². The van der Waals surface area contributed by atoms with Crippen molar-refractivity contribution in [2.45, 2.75) is 19.1 Å². The number of hydrogen-bond donors (Lipinski definition) is 2. The fraction of sp³-hybridized carbons (Fsp3) is 0.364. The highest BCUT2D eigenvalue weighted by molar-refractivity contribution is 6.31. The van der Waals surface area contributed by atoms with Crippen LogP contribution in [0.3, 0.4) is 0 Å². The lowest BCUT2D eigenvalue weighted by Crippen LogP contribution is -2.26. The molecular weight excluding hydrogens is 226 g/mol. The van der Waals surface area contributed by atoms with E-state index in [9.17, 15) is 5.11 Å². The Morgan fingerprint density at radius 1 is 1.50 bits per heavy atom. The number of aromatic nitrogens is 2. The van der Waals surface area contributed by atoms with Gasteiger partial charge >= 0.3 is 0 Å². The number of aliphatic hydroxyl groups excluding tert-OH is 1. The third-order valence-electron chi connectivity index (χ3n) is 2.70. The lowest BCUT2D eigenvalue weighted by atomic mass is 10.2. The monoisotopic (exact) mass is 239 g/mol. The van der Waals surface area contributed by atoms with Crippen LogP contribution in [0.2, 0.25) is 5.02 Å². The lowest BCUT2D eigenvalue weighted by molar-refractivity contribution is 0.159. The molecule has 5 heteroatoms. The summed E-state index contributed by atoms with van der Waals surface area (Å²) in [5.74, 6) is 0.660. The number of imidazole rings is 1. The predicted molar refractivity (Wildman–Crippen MR) is 64.3 cm³/mol. The van der Waals surface area contributed by atoms with Gasteiger partial charge in [0.1, 0.15) is 5.82 Å². The normalized spacial score (nSPS) is 15.3. The molecule has 0 aliphatic rings. The Hall–Kier alpha value is -1.10. The summed E-state index contributed by atoms with van der Waals surface area (Å²) in [5, 5.41) is 10.1. The molecule has 0 spiro atoms. The summed E-state index contributed by atoms with van der Waals surface area (Å²) in [6, 6.07) is 4.98. The Labute approximate surface area is 98.6 Å². The highest BCUT2D eigenvalue weighted by Crippen LogP contribution is 2.23. The molecule has 86 valence electrons. The molecule has 4 nitrogen and oxygen atoms in total. The highest BCUT2D eigenvalue weighted by Gasteiger charge is 2.18. The van der Waals surface area contributed by atoms with Crippen LogP contribution in [0.4, 0.5) is 0 Å². The molecule has 2 unspecified atom stereocenters. The molecule has 2 rings (SSSR count). The fourth-order valence-electron chi connectivity index (χ4n) is 1.70. The van der Waals surface area contributed by atoms with Gasteiger partial charge in [-0.25, -0.2) is 4.98 Å². The smallest absolute Gasteiger partial charge is 0.129 e. The second-order valence-electron chi connectivity index (χ2n) is 3.93. The van der Waals surface area contributed by atoms with Crippen LogP contribution < -0.4 is 5.73 Å². The van der Waals surface area contributed by atoms with Gasteiger partial charge in [-0.3, -0.25) is 0 Å². The molecule has 1 aromatic heterocycles. The van der Waals surface area contributed by atoms with Gasteiger partial charge in [0.2, 0.25) is 0 Å². The second-order valence-corrected chi connectivity index (χ2v) is 4.36. The van der Waals surface area contributed by atoms with Gasteiger partial charge in [0, 0.05) is 12.1 Å². The van der Waals surface area contributed by atoms with Crippen LogP contribution >= 0.6 is 11.6 Å². The number of benzene rings is 1. The molecule has 3 N–H and O–H groups in total. The average molecular weight is 240 g/mol. The molecule has 2 atom stereocenters. The highest BCUT2D eigenvalue weighted by atomic mass is 35.5. The Kier molecular flexibility index (Phi) is 2.88. The van der Waals surface area contributed by atoms with Gasteiger partial charge in [0.15, 0.2) is 0 Å². The Morgan fingerprint density at radius 2 is 2.19 bits per heavy atom. The van der Waals surface area contributed by atoms with Crippen molar-refractivity contribution in [3.8, 4) is 0 Å². The van der Waals surface area contributed by atoms with Gasteiger partial charge in [-0.15, -0.1) is 0 Å². The van der Waals surface area contributed by atoms with E-state index in [1.54, 1.807) is 13.0 Å². The molecule has 1 aromatic carbocycles. The first-order valence-electron chi connectivity index (χ1n) is 5.06. The zero-order chi connectivity index (χ0) is 11.9. The molecule has 0 fully saturated rings. The Bertz CT molecular complexity index is 521. The van der Waals surface area contributed by atoms with Crippen LogP contribution in [-0.2, 0) is 7.05 Å². The summed E-state index contributed by atoms with van der Waals surface area (Å²) < 4.78 is 1.86. The van der Waals surface area contributed by atoms with E-state index < -0.39 is 12.1 Å². The number of halogens is 1. The van der Waals surface area contributed by atoms with Crippen molar-refractivity contribution >= 4 is 22.6 Å². The van der Waals surface area contributed by atoms with E-state index in [1.165, 1.54) is 0 Å². The maximum absolute atomic E-state index is 9.47. The van der Waals surface area contributed by atoms with Crippen molar-refractivity contribution in [1.29, 1.82) is 0 Å². The summed E-state index contributed by atoms with van der Waals surface area (Å²) in [7, 11) is 1.86. The standard InChI is InChI=1S/C11H14ClN3O/c1-6(16)10(13)11-14-8-4-3-7(12)5-9(8)15(11)2/h3-6,10,16H,13H2,1-2H3. The fourth-order valence-corrected chi connectivity index (χ4v) is 1.86. The van der Waals surface area contributed by atoms with E-state index in [0.717, 1.165) is 11.0 Å². The van der Waals surface area contributed by atoms with Gasteiger partial charge in [0.05, 0.1) is 23.2 Å². The quantitative estimate of drug-likeness (QED) is 0.837. The van der Waals surface area contributed by atoms with Crippen LogP contribution in [0.5, 0.6) is 0 Å². The number of rotatable bonds is 2. The molecule has 0 saturated carbocycles. The molecule has 0 amide bonds. The Balaban J connectivity index is 2.60. The summed E-state index contributed by atoms with van der Waals surface area (Å²) >= 11 is 5.92. The minimum absolute atomic E-state index is 0.490. The van der Waals surface area contributed by atoms with Crippen LogP contribution in [0.1, 0.15) is 18.8 Å². The van der Waals surface area contributed by atoms with E-state index in [-0.39, 0.29) is 0 Å². The molecule has 0 bridgehead atoms. The van der Waals surface area contributed by atoms with E-state index in [0.29, 0.717) is 10.8 Å². The van der Waals surface area contributed by atoms with Crippen molar-refractivity contribution in [1.82, 2.24) is 9.55 Å². The zero-order valence-corrected chi connectivity index (χ0v) is 9.94. The number of fused-ring (bicyclic) bond motifs is 1. The SMILES string of the molecule is CC(O)C(N)c1nc2ccc(Cl)cc2n1C. The Morgan fingerprint density at radius 3 is 2.81 bits per heavy atom.